The molecule has 5 heteroatoms. The Labute approximate surface area is 134 Å². The summed E-state index contributed by atoms with van der Waals surface area (Å²) in [4.78, 5) is 26.5. The van der Waals surface area contributed by atoms with E-state index in [1.54, 1.807) is 0 Å². The second-order valence-corrected chi connectivity index (χ2v) is 7.37. The number of nitrogens with zero attached hydrogens (tertiary/aromatic N) is 1. The Hall–Kier alpha value is -1.10. The molecule has 0 aromatic rings. The Kier molecular flexibility index (Phi) is 6.24. The fourth-order valence-electron chi connectivity index (χ4n) is 3.88. The van der Waals surface area contributed by atoms with E-state index in [9.17, 15) is 9.59 Å². The van der Waals surface area contributed by atoms with Crippen molar-refractivity contribution in [3.63, 3.8) is 0 Å². The maximum atomic E-state index is 12.3. The number of likely N-dealkylation sites (tertiary alicyclic amines) is 1. The number of rotatable bonds is 3. The Morgan fingerprint density at radius 2 is 1.64 bits per heavy atom. The van der Waals surface area contributed by atoms with E-state index in [4.69, 9.17) is 0 Å². The first-order chi connectivity index (χ1) is 10.5. The second kappa shape index (κ2) is 7.95. The van der Waals surface area contributed by atoms with E-state index in [1.165, 1.54) is 25.7 Å². The van der Waals surface area contributed by atoms with Crippen LogP contribution in [0.15, 0.2) is 0 Å². The number of nitrogens with one attached hydrogen (secondary N) is 2. The van der Waals surface area contributed by atoms with E-state index in [-0.39, 0.29) is 24.0 Å². The van der Waals surface area contributed by atoms with E-state index in [2.05, 4.69) is 29.4 Å². The van der Waals surface area contributed by atoms with Crippen molar-refractivity contribution in [3.8, 4) is 0 Å². The van der Waals surface area contributed by atoms with E-state index < -0.39 is 0 Å². The standard InChI is InChI=1S/C17H31N3O2/c1-12-9-13(2)11-20(10-12)14(3)16(21)19-17(22)18-15-7-5-4-6-8-15/h12-15H,4-11H2,1-3H3,(H2,18,19,21,22)/t12-,13-,14-/m0/s1. The Bertz CT molecular complexity index is 383. The Morgan fingerprint density at radius 3 is 2.23 bits per heavy atom. The summed E-state index contributed by atoms with van der Waals surface area (Å²) in [6.07, 6.45) is 6.85. The van der Waals surface area contributed by atoms with Crippen LogP contribution in [-0.2, 0) is 4.79 Å². The molecular weight excluding hydrogens is 278 g/mol. The molecule has 2 N–H and O–H groups in total. The van der Waals surface area contributed by atoms with Crippen molar-refractivity contribution in [1.82, 2.24) is 15.5 Å². The van der Waals surface area contributed by atoms with Gasteiger partial charge in [0.1, 0.15) is 0 Å². The van der Waals surface area contributed by atoms with Crippen molar-refractivity contribution in [2.75, 3.05) is 13.1 Å². The molecule has 1 saturated heterocycles. The molecule has 126 valence electrons. The van der Waals surface area contributed by atoms with Gasteiger partial charge in [0.2, 0.25) is 5.91 Å². The Balaban J connectivity index is 1.78. The zero-order chi connectivity index (χ0) is 16.1. The fourth-order valence-corrected chi connectivity index (χ4v) is 3.88. The van der Waals surface area contributed by atoms with Crippen LogP contribution < -0.4 is 10.6 Å². The average Bonchev–Trinajstić information content (AvgIpc) is 2.46. The molecule has 5 nitrogen and oxygen atoms in total. The highest BCUT2D eigenvalue weighted by Crippen LogP contribution is 2.22. The summed E-state index contributed by atoms with van der Waals surface area (Å²) in [5, 5.41) is 5.46. The minimum absolute atomic E-state index is 0.186. The zero-order valence-electron chi connectivity index (χ0n) is 14.2. The molecule has 0 unspecified atom stereocenters. The molecule has 0 aromatic carbocycles. The number of hydrogen-bond acceptors (Lipinski definition) is 3. The normalized spacial score (nSPS) is 28.9. The quantitative estimate of drug-likeness (QED) is 0.842. The molecule has 2 aliphatic rings. The summed E-state index contributed by atoms with van der Waals surface area (Å²) in [6.45, 7) is 8.21. The highest BCUT2D eigenvalue weighted by Gasteiger charge is 2.29. The summed E-state index contributed by atoms with van der Waals surface area (Å²) in [7, 11) is 0. The molecule has 0 spiro atoms. The van der Waals surface area contributed by atoms with Crippen molar-refractivity contribution in [3.05, 3.63) is 0 Å². The van der Waals surface area contributed by atoms with Gasteiger partial charge in [0.15, 0.2) is 0 Å². The van der Waals surface area contributed by atoms with Gasteiger partial charge in [-0.1, -0.05) is 33.1 Å². The minimum Gasteiger partial charge on any atom is -0.335 e. The molecular formula is C17H31N3O2. The summed E-state index contributed by atoms with van der Waals surface area (Å²) in [6, 6.07) is -0.351. The third kappa shape index (κ3) is 4.97. The van der Waals surface area contributed by atoms with Gasteiger partial charge in [-0.3, -0.25) is 15.0 Å². The van der Waals surface area contributed by atoms with Crippen molar-refractivity contribution < 1.29 is 9.59 Å². The number of carbonyl (C=O) groups is 2. The lowest BCUT2D eigenvalue weighted by Gasteiger charge is -2.38. The average molecular weight is 309 g/mol. The predicted molar refractivity (Wildman–Crippen MR) is 87.5 cm³/mol. The monoisotopic (exact) mass is 309 g/mol. The van der Waals surface area contributed by atoms with Crippen molar-refractivity contribution in [1.29, 1.82) is 0 Å². The molecule has 0 radical (unpaired) electrons. The van der Waals surface area contributed by atoms with Crippen LogP contribution in [0.4, 0.5) is 4.79 Å². The lowest BCUT2D eigenvalue weighted by molar-refractivity contribution is -0.125. The van der Waals surface area contributed by atoms with Gasteiger partial charge < -0.3 is 5.32 Å². The molecule has 1 aliphatic heterocycles. The molecule has 22 heavy (non-hydrogen) atoms. The molecule has 2 fully saturated rings. The van der Waals surface area contributed by atoms with Crippen LogP contribution in [0.25, 0.3) is 0 Å². The first kappa shape index (κ1) is 17.3. The maximum Gasteiger partial charge on any atom is 0.321 e. The molecule has 1 saturated carbocycles. The third-order valence-corrected chi connectivity index (χ3v) is 5.00. The predicted octanol–water partition coefficient (Wildman–Crippen LogP) is 2.51. The lowest BCUT2D eigenvalue weighted by atomic mass is 9.91. The topological polar surface area (TPSA) is 61.4 Å². The van der Waals surface area contributed by atoms with E-state index >= 15 is 0 Å². The Morgan fingerprint density at radius 1 is 1.05 bits per heavy atom. The van der Waals surface area contributed by atoms with Crippen molar-refractivity contribution in [2.45, 2.75) is 71.4 Å². The van der Waals surface area contributed by atoms with Crippen LogP contribution in [0.5, 0.6) is 0 Å². The van der Waals surface area contributed by atoms with Gasteiger partial charge in [-0.2, -0.15) is 0 Å². The first-order valence-corrected chi connectivity index (χ1v) is 8.81. The third-order valence-electron chi connectivity index (χ3n) is 5.00. The van der Waals surface area contributed by atoms with Crippen LogP contribution >= 0.6 is 0 Å². The van der Waals surface area contributed by atoms with Gasteiger partial charge in [0.05, 0.1) is 6.04 Å². The highest BCUT2D eigenvalue weighted by atomic mass is 16.2. The van der Waals surface area contributed by atoms with E-state index in [0.717, 1.165) is 25.9 Å². The van der Waals surface area contributed by atoms with Crippen LogP contribution in [0, 0.1) is 11.8 Å². The number of carbonyl (C=O) groups excluding carboxylic acids is 2. The van der Waals surface area contributed by atoms with Gasteiger partial charge in [0, 0.05) is 19.1 Å². The molecule has 1 aliphatic carbocycles. The van der Waals surface area contributed by atoms with Gasteiger partial charge in [-0.25, -0.2) is 4.79 Å². The summed E-state index contributed by atoms with van der Waals surface area (Å²) >= 11 is 0. The first-order valence-electron chi connectivity index (χ1n) is 8.81. The smallest absolute Gasteiger partial charge is 0.321 e. The van der Waals surface area contributed by atoms with Crippen LogP contribution in [0.1, 0.15) is 59.3 Å². The summed E-state index contributed by atoms with van der Waals surface area (Å²) < 4.78 is 0. The molecule has 0 aromatic heterocycles. The molecule has 3 atom stereocenters. The number of hydrogen-bond donors (Lipinski definition) is 2. The van der Waals surface area contributed by atoms with E-state index in [0.29, 0.717) is 11.8 Å². The van der Waals surface area contributed by atoms with Crippen molar-refractivity contribution in [2.24, 2.45) is 11.8 Å². The van der Waals surface area contributed by atoms with Gasteiger partial charge >= 0.3 is 6.03 Å². The highest BCUT2D eigenvalue weighted by molar-refractivity contribution is 5.96. The van der Waals surface area contributed by atoms with Crippen LogP contribution in [0.2, 0.25) is 0 Å². The van der Waals surface area contributed by atoms with E-state index in [1.807, 2.05) is 6.92 Å². The summed E-state index contributed by atoms with van der Waals surface area (Å²) in [5.41, 5.74) is 0. The van der Waals surface area contributed by atoms with Crippen molar-refractivity contribution >= 4 is 11.9 Å². The number of imide groups is 1. The number of amides is 3. The van der Waals surface area contributed by atoms with Crippen LogP contribution in [-0.4, -0.2) is 42.0 Å². The lowest BCUT2D eigenvalue weighted by Crippen LogP contribution is -2.54. The second-order valence-electron chi connectivity index (χ2n) is 7.37. The fraction of sp³-hybridized carbons (Fsp3) is 0.882. The molecule has 0 bridgehead atoms. The molecule has 2 rings (SSSR count). The molecule has 1 heterocycles. The van der Waals surface area contributed by atoms with Gasteiger partial charge in [0.25, 0.3) is 0 Å². The maximum absolute atomic E-state index is 12.3. The SMILES string of the molecule is C[C@H]1C[C@H](C)CN([C@@H](C)C(=O)NC(=O)NC2CCCCC2)C1. The zero-order valence-corrected chi connectivity index (χ0v) is 14.2. The largest absolute Gasteiger partial charge is 0.335 e. The summed E-state index contributed by atoms with van der Waals surface area (Å²) in [5.74, 6) is 1.03. The van der Waals surface area contributed by atoms with Gasteiger partial charge in [-0.05, 0) is 38.0 Å². The number of urea groups is 1. The van der Waals surface area contributed by atoms with Crippen LogP contribution in [0.3, 0.4) is 0 Å². The number of piperidine rings is 1. The molecule has 3 amide bonds. The van der Waals surface area contributed by atoms with Gasteiger partial charge in [-0.15, -0.1) is 0 Å². The minimum atomic E-state index is -0.332.